The first-order chi connectivity index (χ1) is 8.27. The maximum absolute atomic E-state index is 10.4. The zero-order chi connectivity index (χ0) is 11.7. The number of benzene rings is 1. The number of para-hydroxylation sites is 1. The summed E-state index contributed by atoms with van der Waals surface area (Å²) in [7, 11) is 0. The maximum Gasteiger partial charge on any atom is 0.0942 e. The maximum atomic E-state index is 10.4. The van der Waals surface area contributed by atoms with E-state index in [0.717, 1.165) is 16.5 Å². The van der Waals surface area contributed by atoms with E-state index in [9.17, 15) is 5.11 Å². The van der Waals surface area contributed by atoms with Crippen LogP contribution in [0.3, 0.4) is 0 Å². The van der Waals surface area contributed by atoms with Crippen molar-refractivity contribution in [3.63, 3.8) is 0 Å². The smallest absolute Gasteiger partial charge is 0.0942 e. The summed E-state index contributed by atoms with van der Waals surface area (Å²) in [4.78, 5) is 4.33. The highest BCUT2D eigenvalue weighted by molar-refractivity contribution is 5.81. The Balaban J connectivity index is 2.00. The molecule has 3 nitrogen and oxygen atoms in total. The molecule has 1 unspecified atom stereocenters. The summed E-state index contributed by atoms with van der Waals surface area (Å²) in [6.07, 6.45) is 3.15. The number of aliphatic hydroxyl groups is 1. The fraction of sp³-hybridized carbons (Fsp3) is 0.357. The lowest BCUT2D eigenvalue weighted by Crippen LogP contribution is -2.31. The summed E-state index contributed by atoms with van der Waals surface area (Å²) >= 11 is 0. The van der Waals surface area contributed by atoms with Gasteiger partial charge in [-0.2, -0.15) is 0 Å². The van der Waals surface area contributed by atoms with Crippen LogP contribution in [0.1, 0.15) is 12.0 Å². The Kier molecular flexibility index (Phi) is 2.57. The first-order valence-electron chi connectivity index (χ1n) is 5.90. The summed E-state index contributed by atoms with van der Waals surface area (Å²) in [6.45, 7) is 1.09. The van der Waals surface area contributed by atoms with Crippen LogP contribution in [0.4, 0.5) is 0 Å². The number of aromatic nitrogens is 1. The van der Waals surface area contributed by atoms with Gasteiger partial charge in [-0.15, -0.1) is 0 Å². The fourth-order valence-corrected chi connectivity index (χ4v) is 2.40. The number of pyridine rings is 1. The summed E-state index contributed by atoms with van der Waals surface area (Å²) < 4.78 is 5.28. The van der Waals surface area contributed by atoms with Crippen molar-refractivity contribution >= 4 is 10.9 Å². The normalized spacial score (nSPS) is 24.3. The van der Waals surface area contributed by atoms with E-state index >= 15 is 0 Å². The average Bonchev–Trinajstić information content (AvgIpc) is 2.76. The van der Waals surface area contributed by atoms with Crippen LogP contribution >= 0.6 is 0 Å². The van der Waals surface area contributed by atoms with Gasteiger partial charge in [-0.1, -0.05) is 18.2 Å². The SMILES string of the molecule is OC1(Cc2ccnc3ccccc23)CCOC1. The van der Waals surface area contributed by atoms with Gasteiger partial charge in [-0.3, -0.25) is 4.98 Å². The minimum atomic E-state index is -0.704. The second kappa shape index (κ2) is 4.09. The van der Waals surface area contributed by atoms with E-state index in [-0.39, 0.29) is 0 Å². The summed E-state index contributed by atoms with van der Waals surface area (Å²) in [6, 6.07) is 10.0. The van der Waals surface area contributed by atoms with Gasteiger partial charge in [0.2, 0.25) is 0 Å². The quantitative estimate of drug-likeness (QED) is 0.855. The van der Waals surface area contributed by atoms with Gasteiger partial charge in [0.05, 0.1) is 17.7 Å². The number of ether oxygens (including phenoxy) is 1. The van der Waals surface area contributed by atoms with Crippen molar-refractivity contribution in [3.8, 4) is 0 Å². The molecule has 1 fully saturated rings. The molecular weight excluding hydrogens is 214 g/mol. The van der Waals surface area contributed by atoms with E-state index in [2.05, 4.69) is 11.1 Å². The molecule has 0 saturated carbocycles. The Bertz CT molecular complexity index is 527. The van der Waals surface area contributed by atoms with Gasteiger partial charge >= 0.3 is 0 Å². The zero-order valence-corrected chi connectivity index (χ0v) is 9.60. The highest BCUT2D eigenvalue weighted by atomic mass is 16.5. The lowest BCUT2D eigenvalue weighted by atomic mass is 9.92. The second-order valence-corrected chi connectivity index (χ2v) is 4.69. The van der Waals surface area contributed by atoms with Gasteiger partial charge in [-0.05, 0) is 17.7 Å². The molecule has 17 heavy (non-hydrogen) atoms. The molecule has 0 amide bonds. The first kappa shape index (κ1) is 10.7. The Labute approximate surface area is 100 Å². The van der Waals surface area contributed by atoms with Crippen molar-refractivity contribution in [3.05, 3.63) is 42.1 Å². The zero-order valence-electron chi connectivity index (χ0n) is 9.60. The molecule has 1 aliphatic heterocycles. The highest BCUT2D eigenvalue weighted by Gasteiger charge is 2.32. The molecule has 3 rings (SSSR count). The lowest BCUT2D eigenvalue weighted by Gasteiger charge is -2.20. The molecule has 1 aliphatic rings. The van der Waals surface area contributed by atoms with Gasteiger partial charge in [0.25, 0.3) is 0 Å². The van der Waals surface area contributed by atoms with E-state index in [0.29, 0.717) is 26.1 Å². The molecule has 1 atom stereocenters. The van der Waals surface area contributed by atoms with E-state index < -0.39 is 5.60 Å². The van der Waals surface area contributed by atoms with Crippen molar-refractivity contribution in [1.29, 1.82) is 0 Å². The standard InChI is InChI=1S/C14H15NO2/c16-14(6-8-17-10-14)9-11-5-7-15-13-4-2-1-3-12(11)13/h1-5,7,16H,6,8-10H2. The minimum absolute atomic E-state index is 0.434. The topological polar surface area (TPSA) is 42.4 Å². The Morgan fingerprint density at radius 2 is 2.18 bits per heavy atom. The van der Waals surface area contributed by atoms with Crippen molar-refractivity contribution in [1.82, 2.24) is 4.98 Å². The van der Waals surface area contributed by atoms with Crippen LogP contribution in [0, 0.1) is 0 Å². The molecule has 0 bridgehead atoms. The van der Waals surface area contributed by atoms with Crippen LogP contribution < -0.4 is 0 Å². The van der Waals surface area contributed by atoms with Crippen LogP contribution in [0.25, 0.3) is 10.9 Å². The number of rotatable bonds is 2. The number of hydrogen-bond acceptors (Lipinski definition) is 3. The number of nitrogens with zero attached hydrogens (tertiary/aromatic N) is 1. The molecule has 0 spiro atoms. The fourth-order valence-electron chi connectivity index (χ4n) is 2.40. The summed E-state index contributed by atoms with van der Waals surface area (Å²) in [5.74, 6) is 0. The molecule has 3 heteroatoms. The third-order valence-electron chi connectivity index (χ3n) is 3.34. The second-order valence-electron chi connectivity index (χ2n) is 4.69. The van der Waals surface area contributed by atoms with Gasteiger partial charge < -0.3 is 9.84 Å². The van der Waals surface area contributed by atoms with Gasteiger partial charge in [-0.25, -0.2) is 0 Å². The van der Waals surface area contributed by atoms with E-state index in [1.165, 1.54) is 0 Å². The van der Waals surface area contributed by atoms with Crippen LogP contribution in [0.5, 0.6) is 0 Å². The van der Waals surface area contributed by atoms with Crippen LogP contribution in [-0.2, 0) is 11.2 Å². The molecule has 1 N–H and O–H groups in total. The van der Waals surface area contributed by atoms with E-state index in [4.69, 9.17) is 4.74 Å². The van der Waals surface area contributed by atoms with E-state index in [1.54, 1.807) is 6.20 Å². The summed E-state index contributed by atoms with van der Waals surface area (Å²) in [5, 5.41) is 11.5. The molecule has 0 aliphatic carbocycles. The van der Waals surface area contributed by atoms with Gasteiger partial charge in [0, 0.05) is 31.0 Å². The minimum Gasteiger partial charge on any atom is -0.387 e. The highest BCUT2D eigenvalue weighted by Crippen LogP contribution is 2.26. The Hall–Kier alpha value is -1.45. The van der Waals surface area contributed by atoms with Crippen molar-refractivity contribution in [2.24, 2.45) is 0 Å². The predicted molar refractivity (Wildman–Crippen MR) is 65.8 cm³/mol. The van der Waals surface area contributed by atoms with Crippen LogP contribution in [-0.4, -0.2) is 28.9 Å². The van der Waals surface area contributed by atoms with Crippen molar-refractivity contribution in [2.75, 3.05) is 13.2 Å². The Morgan fingerprint density at radius 3 is 3.00 bits per heavy atom. The number of fused-ring (bicyclic) bond motifs is 1. The average molecular weight is 229 g/mol. The van der Waals surface area contributed by atoms with Gasteiger partial charge in [0.15, 0.2) is 0 Å². The lowest BCUT2D eigenvalue weighted by molar-refractivity contribution is 0.0273. The third kappa shape index (κ3) is 2.04. The van der Waals surface area contributed by atoms with Crippen molar-refractivity contribution in [2.45, 2.75) is 18.4 Å². The molecule has 2 heterocycles. The first-order valence-corrected chi connectivity index (χ1v) is 5.90. The molecule has 1 aromatic carbocycles. The molecule has 1 aromatic heterocycles. The number of hydrogen-bond donors (Lipinski definition) is 1. The van der Waals surface area contributed by atoms with Crippen molar-refractivity contribution < 1.29 is 9.84 Å². The molecular formula is C14H15NO2. The third-order valence-corrected chi connectivity index (χ3v) is 3.34. The monoisotopic (exact) mass is 229 g/mol. The van der Waals surface area contributed by atoms with Crippen LogP contribution in [0.2, 0.25) is 0 Å². The largest absolute Gasteiger partial charge is 0.387 e. The Morgan fingerprint density at radius 1 is 1.29 bits per heavy atom. The predicted octanol–water partition coefficient (Wildman–Crippen LogP) is 1.93. The van der Waals surface area contributed by atoms with Crippen LogP contribution in [0.15, 0.2) is 36.5 Å². The molecule has 1 saturated heterocycles. The molecule has 0 radical (unpaired) electrons. The van der Waals surface area contributed by atoms with E-state index in [1.807, 2.05) is 24.3 Å². The molecule has 88 valence electrons. The summed E-state index contributed by atoms with van der Waals surface area (Å²) in [5.41, 5.74) is 1.42. The molecule has 2 aromatic rings. The van der Waals surface area contributed by atoms with Gasteiger partial charge in [0.1, 0.15) is 0 Å².